The number of carbonyl (C=O) groups is 2. The van der Waals surface area contributed by atoms with Gasteiger partial charge in [0.2, 0.25) is 11.8 Å². The molecule has 2 heterocycles. The van der Waals surface area contributed by atoms with Crippen molar-refractivity contribution in [2.45, 2.75) is 95.7 Å². The number of amides is 2. The Hall–Kier alpha value is -3.91. The van der Waals surface area contributed by atoms with Crippen LogP contribution in [0.25, 0.3) is 0 Å². The number of carbonyl (C=O) groups excluding carboxylic acids is 2. The van der Waals surface area contributed by atoms with Gasteiger partial charge in [0.05, 0.1) is 24.1 Å². The molecular formula is C33H46N8O3. The summed E-state index contributed by atoms with van der Waals surface area (Å²) in [6.45, 7) is 10.7. The molecule has 2 aliphatic carbocycles. The number of rotatable bonds is 9. The van der Waals surface area contributed by atoms with Crippen molar-refractivity contribution in [2.75, 3.05) is 13.1 Å². The summed E-state index contributed by atoms with van der Waals surface area (Å²) < 4.78 is 1.50. The molecule has 6 atom stereocenters. The summed E-state index contributed by atoms with van der Waals surface area (Å²) in [7, 11) is 0. The van der Waals surface area contributed by atoms with Gasteiger partial charge >= 0.3 is 5.69 Å². The van der Waals surface area contributed by atoms with E-state index in [9.17, 15) is 19.6 Å². The monoisotopic (exact) mass is 602 g/mol. The van der Waals surface area contributed by atoms with Crippen LogP contribution in [-0.4, -0.2) is 56.7 Å². The third-order valence-corrected chi connectivity index (χ3v) is 10.3. The zero-order valence-corrected chi connectivity index (χ0v) is 26.1. The normalized spacial score (nSPS) is 27.2. The van der Waals surface area contributed by atoms with Crippen LogP contribution >= 0.6 is 0 Å². The molecule has 1 aromatic carbocycles. The predicted molar refractivity (Wildman–Crippen MR) is 167 cm³/mol. The fraction of sp³-hybridized carbons (Fsp3) is 0.606. The molecule has 1 saturated heterocycles. The first-order chi connectivity index (χ1) is 21.0. The number of aryl methyl sites for hydroxylation is 1. The lowest BCUT2D eigenvalue weighted by molar-refractivity contribution is -0.130. The number of likely N-dealkylation sites (tertiary alicyclic amines) is 1. The summed E-state index contributed by atoms with van der Waals surface area (Å²) in [6.07, 6.45) is 6.38. The van der Waals surface area contributed by atoms with Crippen molar-refractivity contribution in [1.82, 2.24) is 25.0 Å². The number of aromatic nitrogens is 3. The maximum Gasteiger partial charge on any atom is 0.343 e. The van der Waals surface area contributed by atoms with Crippen LogP contribution in [0.2, 0.25) is 0 Å². The highest BCUT2D eigenvalue weighted by Crippen LogP contribution is 2.55. The Kier molecular flexibility index (Phi) is 9.02. The second-order valence-corrected chi connectivity index (χ2v) is 13.4. The summed E-state index contributed by atoms with van der Waals surface area (Å²) >= 11 is 0. The van der Waals surface area contributed by atoms with Crippen molar-refractivity contribution >= 4 is 11.8 Å². The van der Waals surface area contributed by atoms with Gasteiger partial charge in [-0.1, -0.05) is 12.6 Å². The van der Waals surface area contributed by atoms with Gasteiger partial charge in [-0.05, 0) is 113 Å². The third kappa shape index (κ3) is 5.80. The molecule has 3 aliphatic rings. The highest BCUT2D eigenvalue weighted by molar-refractivity contribution is 5.93. The average molecular weight is 603 g/mol. The van der Waals surface area contributed by atoms with Gasteiger partial charge in [0, 0.05) is 23.8 Å². The number of nitrogens with one attached hydrogen (secondary N) is 2. The van der Waals surface area contributed by atoms with Crippen LogP contribution in [0.1, 0.15) is 99.1 Å². The highest BCUT2D eigenvalue weighted by Gasteiger charge is 2.53. The van der Waals surface area contributed by atoms with Crippen LogP contribution in [0, 0.1) is 29.1 Å². The average Bonchev–Trinajstić information content (AvgIpc) is 3.61. The third-order valence-electron chi connectivity index (χ3n) is 10.3. The predicted octanol–water partition coefficient (Wildman–Crippen LogP) is 2.87. The van der Waals surface area contributed by atoms with E-state index in [1.807, 2.05) is 26.0 Å². The number of hydrogen-bond donors (Lipinski definition) is 4. The molecule has 0 spiro atoms. The van der Waals surface area contributed by atoms with Gasteiger partial charge in [-0.25, -0.2) is 9.48 Å². The molecule has 236 valence electrons. The quantitative estimate of drug-likeness (QED) is 0.341. The minimum Gasteiger partial charge on any atom is -0.402 e. The minimum absolute atomic E-state index is 0.0837. The molecule has 5 rings (SSSR count). The van der Waals surface area contributed by atoms with Crippen molar-refractivity contribution in [2.24, 2.45) is 29.2 Å². The lowest BCUT2D eigenvalue weighted by Gasteiger charge is -2.47. The van der Waals surface area contributed by atoms with Crippen molar-refractivity contribution < 1.29 is 9.59 Å². The Morgan fingerprint density at radius 2 is 2.00 bits per heavy atom. The van der Waals surface area contributed by atoms with Crippen LogP contribution in [0.4, 0.5) is 0 Å². The first kappa shape index (κ1) is 31.5. The number of allylic oxidation sites excluding steroid dienone is 1. The zero-order valence-electron chi connectivity index (χ0n) is 26.1. The highest BCUT2D eigenvalue weighted by atomic mass is 16.2. The summed E-state index contributed by atoms with van der Waals surface area (Å²) in [6, 6.07) is 7.26. The van der Waals surface area contributed by atoms with Crippen molar-refractivity contribution in [3.63, 3.8) is 0 Å². The van der Waals surface area contributed by atoms with Gasteiger partial charge < -0.3 is 21.7 Å². The molecule has 1 aliphatic heterocycles. The zero-order chi connectivity index (χ0) is 31.8. The largest absolute Gasteiger partial charge is 0.402 e. The van der Waals surface area contributed by atoms with E-state index in [1.54, 1.807) is 11.0 Å². The molecule has 5 unspecified atom stereocenters. The van der Waals surface area contributed by atoms with Gasteiger partial charge in [0.25, 0.3) is 0 Å². The number of nitrogens with two attached hydrogens (primary N) is 2. The Morgan fingerprint density at radius 1 is 1.23 bits per heavy atom. The van der Waals surface area contributed by atoms with E-state index in [-0.39, 0.29) is 54.0 Å². The number of primary amides is 1. The Morgan fingerprint density at radius 3 is 2.66 bits per heavy atom. The van der Waals surface area contributed by atoms with E-state index in [0.29, 0.717) is 36.5 Å². The second kappa shape index (κ2) is 12.6. The van der Waals surface area contributed by atoms with Gasteiger partial charge in [0.1, 0.15) is 11.9 Å². The molecular weight excluding hydrogens is 556 g/mol. The van der Waals surface area contributed by atoms with Crippen LogP contribution in [0.15, 0.2) is 35.3 Å². The molecule has 11 heteroatoms. The van der Waals surface area contributed by atoms with Crippen molar-refractivity contribution in [3.05, 3.63) is 63.5 Å². The summed E-state index contributed by atoms with van der Waals surface area (Å²) in [5.74, 6) is 0.635. The molecule has 0 bridgehead atoms. The first-order valence-corrected chi connectivity index (χ1v) is 16.0. The molecule has 2 aromatic rings. The minimum atomic E-state index is -0.717. The SMILES string of the molecule is C=C(N)C1CCC2C(CCc3cc(C(N)=O)ccc3C2(C[C@@H](C)NCC(=O)N2CCCC2C#N)c2nn(C(C)C)c(=O)[nH]2)C1. The maximum absolute atomic E-state index is 13.3. The van der Waals surface area contributed by atoms with E-state index in [0.717, 1.165) is 49.7 Å². The summed E-state index contributed by atoms with van der Waals surface area (Å²) in [4.78, 5) is 43.5. The van der Waals surface area contributed by atoms with E-state index in [4.69, 9.17) is 16.6 Å². The van der Waals surface area contributed by atoms with Crippen molar-refractivity contribution in [3.8, 4) is 6.07 Å². The molecule has 2 fully saturated rings. The first-order valence-electron chi connectivity index (χ1n) is 16.0. The standard InChI is InChI=1S/C33H46N8O3/c1-19(2)41-32(44)38-31(39-41)33(16-20(3)37-18-29(42)40-13-5-6-26(40)17-34)27-11-9-22(21(4)35)14-23(27)7-8-24-15-25(30(36)43)10-12-28(24)33/h10,12,15,19-20,22-23,26-27,37H,4-9,11,13-14,16,18,35H2,1-3H3,(H2,36,43)(H,38,39,44)/t20-,22?,23?,26?,27?,33?/m1/s1. The molecule has 44 heavy (non-hydrogen) atoms. The summed E-state index contributed by atoms with van der Waals surface area (Å²) in [5.41, 5.74) is 14.2. The summed E-state index contributed by atoms with van der Waals surface area (Å²) in [5, 5.41) is 17.9. The van der Waals surface area contributed by atoms with Gasteiger partial charge in [-0.3, -0.25) is 14.6 Å². The number of H-pyrrole nitrogens is 1. The van der Waals surface area contributed by atoms with Gasteiger partial charge in [0.15, 0.2) is 0 Å². The lowest BCUT2D eigenvalue weighted by Crippen LogP contribution is -2.49. The molecule has 2 amide bonds. The van der Waals surface area contributed by atoms with Crippen LogP contribution in [-0.2, 0) is 16.6 Å². The van der Waals surface area contributed by atoms with Gasteiger partial charge in [-0.15, -0.1) is 0 Å². The smallest absolute Gasteiger partial charge is 0.343 e. The topological polar surface area (TPSA) is 176 Å². The van der Waals surface area contributed by atoms with Gasteiger partial charge in [-0.2, -0.15) is 10.4 Å². The van der Waals surface area contributed by atoms with E-state index in [1.165, 1.54) is 4.68 Å². The van der Waals surface area contributed by atoms with E-state index in [2.05, 4.69) is 29.9 Å². The van der Waals surface area contributed by atoms with E-state index >= 15 is 0 Å². The fourth-order valence-corrected chi connectivity index (χ4v) is 8.16. The van der Waals surface area contributed by atoms with Crippen LogP contribution in [0.3, 0.4) is 0 Å². The molecule has 11 nitrogen and oxygen atoms in total. The van der Waals surface area contributed by atoms with Crippen LogP contribution in [0.5, 0.6) is 0 Å². The number of nitrogens with zero attached hydrogens (tertiary/aromatic N) is 4. The van der Waals surface area contributed by atoms with E-state index < -0.39 is 11.3 Å². The Labute approximate surface area is 259 Å². The fourth-order valence-electron chi connectivity index (χ4n) is 8.16. The number of aromatic amines is 1. The van der Waals surface area contributed by atoms with Crippen molar-refractivity contribution in [1.29, 1.82) is 5.26 Å². The number of nitriles is 1. The number of fused-ring (bicyclic) bond motifs is 2. The Balaban J connectivity index is 1.60. The van der Waals surface area contributed by atoms with Crippen LogP contribution < -0.4 is 22.5 Å². The molecule has 1 saturated carbocycles. The molecule has 0 radical (unpaired) electrons. The second-order valence-electron chi connectivity index (χ2n) is 13.4. The number of benzene rings is 1. The Bertz CT molecular complexity index is 1520. The number of hydrogen-bond acceptors (Lipinski definition) is 7. The molecule has 6 N–H and O–H groups in total. The maximum atomic E-state index is 13.3. The molecule has 1 aromatic heterocycles. The lowest BCUT2D eigenvalue weighted by atomic mass is 9.57.